The van der Waals surface area contributed by atoms with E-state index in [9.17, 15) is 9.90 Å². The highest BCUT2D eigenvalue weighted by Gasteiger charge is 2.24. The van der Waals surface area contributed by atoms with E-state index in [2.05, 4.69) is 37.2 Å². The van der Waals surface area contributed by atoms with Crippen molar-refractivity contribution < 1.29 is 14.6 Å². The number of rotatable bonds is 5. The number of methoxy groups -OCH3 is 1. The predicted octanol–water partition coefficient (Wildman–Crippen LogP) is 2.68. The fourth-order valence-electron chi connectivity index (χ4n) is 1.28. The maximum atomic E-state index is 12.0. The Morgan fingerprint density at radius 1 is 1.44 bits per heavy atom. The van der Waals surface area contributed by atoms with Crippen molar-refractivity contribution in [2.24, 2.45) is 0 Å². The van der Waals surface area contributed by atoms with E-state index in [1.165, 1.54) is 13.2 Å². The van der Waals surface area contributed by atoms with Gasteiger partial charge in [0.2, 0.25) is 0 Å². The maximum Gasteiger partial charge on any atom is 0.251 e. The van der Waals surface area contributed by atoms with Crippen LogP contribution in [-0.4, -0.2) is 34.3 Å². The second-order valence-corrected chi connectivity index (χ2v) is 5.29. The molecule has 0 heterocycles. The zero-order valence-electron chi connectivity index (χ0n) is 10.2. The highest BCUT2D eigenvalue weighted by atomic mass is 79.9. The van der Waals surface area contributed by atoms with Crippen LogP contribution in [-0.2, 0) is 0 Å². The summed E-state index contributed by atoms with van der Waals surface area (Å²) in [6.45, 7) is 1.91. The fraction of sp³-hybridized carbons (Fsp3) is 0.417. The smallest absolute Gasteiger partial charge is 0.251 e. The minimum Gasteiger partial charge on any atom is -0.504 e. The minimum atomic E-state index is -0.382. The van der Waals surface area contributed by atoms with Gasteiger partial charge in [0, 0.05) is 16.2 Å². The summed E-state index contributed by atoms with van der Waals surface area (Å²) in [5.41, 5.74) is 0.00790. The van der Waals surface area contributed by atoms with Crippen LogP contribution >= 0.6 is 31.9 Å². The van der Waals surface area contributed by atoms with Crippen molar-refractivity contribution in [2.45, 2.75) is 12.5 Å². The zero-order valence-corrected chi connectivity index (χ0v) is 13.3. The van der Waals surface area contributed by atoms with Crippen molar-refractivity contribution >= 4 is 37.8 Å². The Balaban J connectivity index is 2.88. The third kappa shape index (κ3) is 3.62. The van der Waals surface area contributed by atoms with Crippen molar-refractivity contribution in [3.05, 3.63) is 23.8 Å². The molecule has 0 aliphatic heterocycles. The molecule has 6 heteroatoms. The van der Waals surface area contributed by atoms with Crippen molar-refractivity contribution in [3.8, 4) is 11.5 Å². The van der Waals surface area contributed by atoms with Crippen LogP contribution in [0.5, 0.6) is 11.5 Å². The minimum absolute atomic E-state index is 0.0514. The van der Waals surface area contributed by atoms with Gasteiger partial charge in [0.25, 0.3) is 5.91 Å². The Morgan fingerprint density at radius 3 is 2.50 bits per heavy atom. The topological polar surface area (TPSA) is 58.6 Å². The molecule has 0 radical (unpaired) electrons. The largest absolute Gasteiger partial charge is 0.504 e. The second-order valence-electron chi connectivity index (χ2n) is 4.17. The number of hydrogen-bond donors (Lipinski definition) is 2. The number of carbonyl (C=O) groups is 1. The Bertz CT molecular complexity index is 433. The quantitative estimate of drug-likeness (QED) is 0.772. The third-order valence-electron chi connectivity index (χ3n) is 2.45. The summed E-state index contributed by atoms with van der Waals surface area (Å²) < 4.78 is 4.93. The normalized spacial score (nSPS) is 11.1. The van der Waals surface area contributed by atoms with Crippen LogP contribution < -0.4 is 10.1 Å². The van der Waals surface area contributed by atoms with Gasteiger partial charge in [-0.3, -0.25) is 4.79 Å². The lowest BCUT2D eigenvalue weighted by molar-refractivity contribution is 0.0922. The number of carbonyl (C=O) groups excluding carboxylic acids is 1. The van der Waals surface area contributed by atoms with E-state index in [1.807, 2.05) is 6.92 Å². The number of amides is 1. The number of hydrogen-bond acceptors (Lipinski definition) is 3. The molecule has 0 spiro atoms. The molecule has 0 fully saturated rings. The summed E-state index contributed by atoms with van der Waals surface area (Å²) in [6.07, 6.45) is 0. The van der Waals surface area contributed by atoms with Crippen LogP contribution in [0.3, 0.4) is 0 Å². The molecule has 0 aliphatic rings. The SMILES string of the molecule is COc1ccc(C(=O)NC(C)(CBr)CBr)cc1O. The van der Waals surface area contributed by atoms with Gasteiger partial charge < -0.3 is 15.2 Å². The van der Waals surface area contributed by atoms with Gasteiger partial charge in [0.15, 0.2) is 11.5 Å². The van der Waals surface area contributed by atoms with E-state index >= 15 is 0 Å². The van der Waals surface area contributed by atoms with Gasteiger partial charge in [-0.05, 0) is 25.1 Å². The number of ether oxygens (including phenoxy) is 1. The number of nitrogens with one attached hydrogen (secondary N) is 1. The molecular weight excluding hydrogens is 366 g/mol. The van der Waals surface area contributed by atoms with Gasteiger partial charge in [-0.15, -0.1) is 0 Å². The van der Waals surface area contributed by atoms with Gasteiger partial charge in [0.1, 0.15) is 0 Å². The highest BCUT2D eigenvalue weighted by molar-refractivity contribution is 9.09. The molecule has 0 saturated carbocycles. The van der Waals surface area contributed by atoms with Gasteiger partial charge in [-0.1, -0.05) is 31.9 Å². The number of phenols is 1. The molecule has 0 atom stereocenters. The van der Waals surface area contributed by atoms with Crippen LogP contribution in [0, 0.1) is 0 Å². The van der Waals surface area contributed by atoms with Crippen LogP contribution in [0.4, 0.5) is 0 Å². The summed E-state index contributed by atoms with van der Waals surface area (Å²) in [6, 6.07) is 4.55. The van der Waals surface area contributed by atoms with Gasteiger partial charge in [-0.25, -0.2) is 0 Å². The first-order valence-corrected chi connectivity index (χ1v) is 7.51. The molecule has 1 aromatic rings. The summed E-state index contributed by atoms with van der Waals surface area (Å²) in [5.74, 6) is 0.0502. The Labute approximate surface area is 123 Å². The molecule has 2 N–H and O–H groups in total. The van der Waals surface area contributed by atoms with E-state index in [-0.39, 0.29) is 17.2 Å². The molecule has 0 unspecified atom stereocenters. The molecule has 18 heavy (non-hydrogen) atoms. The average Bonchev–Trinajstić information content (AvgIpc) is 2.38. The molecule has 1 amide bonds. The lowest BCUT2D eigenvalue weighted by Crippen LogP contribution is -2.48. The summed E-state index contributed by atoms with van der Waals surface area (Å²) in [5, 5.41) is 13.8. The van der Waals surface area contributed by atoms with Crippen molar-refractivity contribution in [3.63, 3.8) is 0 Å². The Morgan fingerprint density at radius 2 is 2.06 bits per heavy atom. The van der Waals surface area contributed by atoms with E-state index < -0.39 is 0 Å². The first-order chi connectivity index (χ1) is 8.45. The monoisotopic (exact) mass is 379 g/mol. The molecule has 0 aliphatic carbocycles. The molecule has 100 valence electrons. The van der Waals surface area contributed by atoms with E-state index in [4.69, 9.17) is 4.74 Å². The lowest BCUT2D eigenvalue weighted by atomic mass is 10.1. The molecule has 0 aromatic heterocycles. The number of benzene rings is 1. The molecule has 0 bridgehead atoms. The van der Waals surface area contributed by atoms with E-state index in [1.54, 1.807) is 12.1 Å². The molecule has 4 nitrogen and oxygen atoms in total. The highest BCUT2D eigenvalue weighted by Crippen LogP contribution is 2.26. The van der Waals surface area contributed by atoms with Gasteiger partial charge in [0.05, 0.1) is 12.6 Å². The number of alkyl halides is 2. The third-order valence-corrected chi connectivity index (χ3v) is 4.92. The summed E-state index contributed by atoms with van der Waals surface area (Å²) in [4.78, 5) is 12.0. The predicted molar refractivity (Wildman–Crippen MR) is 78.1 cm³/mol. The number of phenolic OH excluding ortho intramolecular Hbond substituents is 1. The van der Waals surface area contributed by atoms with Crippen LogP contribution in [0.25, 0.3) is 0 Å². The van der Waals surface area contributed by atoms with Crippen LogP contribution in [0.1, 0.15) is 17.3 Å². The average molecular weight is 381 g/mol. The van der Waals surface area contributed by atoms with E-state index in [0.29, 0.717) is 22.0 Å². The fourth-order valence-corrected chi connectivity index (χ4v) is 2.49. The zero-order chi connectivity index (χ0) is 13.8. The van der Waals surface area contributed by atoms with Crippen molar-refractivity contribution in [2.75, 3.05) is 17.8 Å². The number of aromatic hydroxyl groups is 1. The summed E-state index contributed by atoms with van der Waals surface area (Å²) >= 11 is 6.71. The van der Waals surface area contributed by atoms with Gasteiger partial charge in [-0.2, -0.15) is 0 Å². The van der Waals surface area contributed by atoms with Crippen molar-refractivity contribution in [1.29, 1.82) is 0 Å². The molecule has 1 aromatic carbocycles. The summed E-state index contributed by atoms with van der Waals surface area (Å²) in [7, 11) is 1.46. The second kappa shape index (κ2) is 6.43. The van der Waals surface area contributed by atoms with Crippen LogP contribution in [0.15, 0.2) is 18.2 Å². The van der Waals surface area contributed by atoms with Crippen molar-refractivity contribution in [1.82, 2.24) is 5.32 Å². The van der Waals surface area contributed by atoms with Gasteiger partial charge >= 0.3 is 0 Å². The van der Waals surface area contributed by atoms with E-state index in [0.717, 1.165) is 0 Å². The standard InChI is InChI=1S/C12H15Br2NO3/c1-12(6-13,7-14)15-11(17)8-3-4-10(18-2)9(16)5-8/h3-5,16H,6-7H2,1-2H3,(H,15,17). The first-order valence-electron chi connectivity index (χ1n) is 5.27. The lowest BCUT2D eigenvalue weighted by Gasteiger charge is -2.26. The molecule has 1 rings (SSSR count). The molecule has 0 saturated heterocycles. The van der Waals surface area contributed by atoms with Crippen LogP contribution in [0.2, 0.25) is 0 Å². The molecular formula is C12H15Br2NO3. The number of halogens is 2. The maximum absolute atomic E-state index is 12.0. The Kier molecular flexibility index (Phi) is 5.47. The Hall–Kier alpha value is -0.750. The first kappa shape index (κ1) is 15.3.